The van der Waals surface area contributed by atoms with E-state index in [0.717, 1.165) is 12.0 Å². The number of ether oxygens (including phenoxy) is 1. The third kappa shape index (κ3) is 5.80. The van der Waals surface area contributed by atoms with Gasteiger partial charge in [-0.15, -0.1) is 0 Å². The number of benzene rings is 1. The first kappa shape index (κ1) is 14.7. The van der Waals surface area contributed by atoms with Crippen LogP contribution < -0.4 is 11.1 Å². The fourth-order valence-corrected chi connectivity index (χ4v) is 1.47. The Morgan fingerprint density at radius 3 is 2.78 bits per heavy atom. The van der Waals surface area contributed by atoms with Gasteiger partial charge >= 0.3 is 0 Å². The Balaban J connectivity index is 2.01. The third-order valence-corrected chi connectivity index (χ3v) is 2.65. The molecule has 0 aliphatic heterocycles. The highest BCUT2D eigenvalue weighted by atomic mass is 16.5. The Kier molecular flexibility index (Phi) is 7.06. The van der Waals surface area contributed by atoms with Crippen molar-refractivity contribution in [2.24, 2.45) is 5.73 Å². The average Bonchev–Trinajstić information content (AvgIpc) is 2.42. The van der Waals surface area contributed by atoms with Crippen molar-refractivity contribution in [3.05, 3.63) is 35.9 Å². The zero-order chi connectivity index (χ0) is 13.2. The molecule has 100 valence electrons. The van der Waals surface area contributed by atoms with Crippen LogP contribution in [0.1, 0.15) is 25.3 Å². The van der Waals surface area contributed by atoms with E-state index in [-0.39, 0.29) is 5.91 Å². The number of hydrogen-bond donors (Lipinski definition) is 2. The fourth-order valence-electron chi connectivity index (χ4n) is 1.47. The molecule has 0 aliphatic carbocycles. The number of nitrogens with two attached hydrogens (primary N) is 1. The highest BCUT2D eigenvalue weighted by Crippen LogP contribution is 2.00. The topological polar surface area (TPSA) is 64.4 Å². The summed E-state index contributed by atoms with van der Waals surface area (Å²) in [7, 11) is 0. The molecule has 1 amide bonds. The van der Waals surface area contributed by atoms with Gasteiger partial charge in [0, 0.05) is 13.2 Å². The Labute approximate surface area is 109 Å². The summed E-state index contributed by atoms with van der Waals surface area (Å²) < 4.78 is 5.51. The minimum Gasteiger partial charge on any atom is -0.377 e. The van der Waals surface area contributed by atoms with Crippen molar-refractivity contribution in [1.29, 1.82) is 0 Å². The lowest BCUT2D eigenvalue weighted by Crippen LogP contribution is -2.40. The monoisotopic (exact) mass is 250 g/mol. The van der Waals surface area contributed by atoms with Crippen molar-refractivity contribution in [2.75, 3.05) is 13.2 Å². The average molecular weight is 250 g/mol. The van der Waals surface area contributed by atoms with Gasteiger partial charge in [0.05, 0.1) is 12.6 Å². The van der Waals surface area contributed by atoms with Crippen molar-refractivity contribution < 1.29 is 9.53 Å². The zero-order valence-electron chi connectivity index (χ0n) is 10.9. The minimum atomic E-state index is -0.393. The van der Waals surface area contributed by atoms with Gasteiger partial charge in [-0.3, -0.25) is 4.79 Å². The molecule has 4 nitrogen and oxygen atoms in total. The molecule has 0 saturated heterocycles. The third-order valence-electron chi connectivity index (χ3n) is 2.65. The highest BCUT2D eigenvalue weighted by molar-refractivity contribution is 5.81. The van der Waals surface area contributed by atoms with Gasteiger partial charge in [0.25, 0.3) is 0 Å². The van der Waals surface area contributed by atoms with Crippen molar-refractivity contribution in [2.45, 2.75) is 32.4 Å². The van der Waals surface area contributed by atoms with Gasteiger partial charge in [0.1, 0.15) is 0 Å². The van der Waals surface area contributed by atoms with Crippen LogP contribution in [0, 0.1) is 0 Å². The first-order valence-corrected chi connectivity index (χ1v) is 6.39. The smallest absolute Gasteiger partial charge is 0.236 e. The largest absolute Gasteiger partial charge is 0.377 e. The second kappa shape index (κ2) is 8.66. The van der Waals surface area contributed by atoms with E-state index >= 15 is 0 Å². The maximum atomic E-state index is 11.4. The fraction of sp³-hybridized carbons (Fsp3) is 0.500. The molecule has 0 bridgehead atoms. The van der Waals surface area contributed by atoms with Gasteiger partial charge in [0.15, 0.2) is 0 Å². The SMILES string of the molecule is CCC(N)C(=O)NCCCOCc1ccccc1. The Morgan fingerprint density at radius 2 is 2.11 bits per heavy atom. The maximum Gasteiger partial charge on any atom is 0.236 e. The summed E-state index contributed by atoms with van der Waals surface area (Å²) in [6.07, 6.45) is 1.46. The number of carbonyl (C=O) groups is 1. The van der Waals surface area contributed by atoms with Gasteiger partial charge in [-0.1, -0.05) is 37.3 Å². The van der Waals surface area contributed by atoms with E-state index in [1.54, 1.807) is 0 Å². The summed E-state index contributed by atoms with van der Waals surface area (Å²) in [5.41, 5.74) is 6.75. The predicted octanol–water partition coefficient (Wildman–Crippen LogP) is 1.45. The standard InChI is InChI=1S/C14H22N2O2/c1-2-13(15)14(17)16-9-6-10-18-11-12-7-4-3-5-8-12/h3-5,7-8,13H,2,6,9-11,15H2,1H3,(H,16,17). The van der Waals surface area contributed by atoms with Gasteiger partial charge < -0.3 is 15.8 Å². The number of carbonyl (C=O) groups excluding carboxylic acids is 1. The van der Waals surface area contributed by atoms with Gasteiger partial charge in [0.2, 0.25) is 5.91 Å². The lowest BCUT2D eigenvalue weighted by molar-refractivity contribution is -0.122. The molecule has 3 N–H and O–H groups in total. The molecule has 4 heteroatoms. The lowest BCUT2D eigenvalue weighted by Gasteiger charge is -2.10. The number of hydrogen-bond acceptors (Lipinski definition) is 3. The molecule has 1 atom stereocenters. The van der Waals surface area contributed by atoms with E-state index in [1.165, 1.54) is 0 Å². The van der Waals surface area contributed by atoms with Gasteiger partial charge in [-0.05, 0) is 18.4 Å². The van der Waals surface area contributed by atoms with Gasteiger partial charge in [-0.25, -0.2) is 0 Å². The lowest BCUT2D eigenvalue weighted by atomic mass is 10.2. The molecule has 1 rings (SSSR count). The molecule has 0 spiro atoms. The van der Waals surface area contributed by atoms with E-state index < -0.39 is 6.04 Å². The van der Waals surface area contributed by atoms with E-state index in [1.807, 2.05) is 37.3 Å². The first-order chi connectivity index (χ1) is 8.74. The van der Waals surface area contributed by atoms with Crippen molar-refractivity contribution >= 4 is 5.91 Å². The number of rotatable bonds is 8. The molecular weight excluding hydrogens is 228 g/mol. The van der Waals surface area contributed by atoms with Crippen LogP contribution in [-0.4, -0.2) is 25.1 Å². The Morgan fingerprint density at radius 1 is 1.39 bits per heavy atom. The number of amides is 1. The second-order valence-corrected chi connectivity index (χ2v) is 4.20. The first-order valence-electron chi connectivity index (χ1n) is 6.39. The molecule has 0 saturated carbocycles. The van der Waals surface area contributed by atoms with Crippen LogP contribution in [0.15, 0.2) is 30.3 Å². The Hall–Kier alpha value is -1.39. The van der Waals surface area contributed by atoms with Crippen LogP contribution in [0.5, 0.6) is 0 Å². The van der Waals surface area contributed by atoms with Crippen LogP contribution >= 0.6 is 0 Å². The molecule has 18 heavy (non-hydrogen) atoms. The van der Waals surface area contributed by atoms with E-state index in [9.17, 15) is 4.79 Å². The van der Waals surface area contributed by atoms with Gasteiger partial charge in [-0.2, -0.15) is 0 Å². The second-order valence-electron chi connectivity index (χ2n) is 4.20. The van der Waals surface area contributed by atoms with Crippen LogP contribution in [-0.2, 0) is 16.1 Å². The normalized spacial score (nSPS) is 12.1. The predicted molar refractivity (Wildman–Crippen MR) is 72.0 cm³/mol. The summed E-state index contributed by atoms with van der Waals surface area (Å²) in [5, 5.41) is 2.79. The van der Waals surface area contributed by atoms with Crippen molar-refractivity contribution in [3.63, 3.8) is 0 Å². The summed E-state index contributed by atoms with van der Waals surface area (Å²) in [5.74, 6) is -0.0828. The summed E-state index contributed by atoms with van der Waals surface area (Å²) in [6, 6.07) is 9.63. The number of nitrogens with one attached hydrogen (secondary N) is 1. The molecule has 0 radical (unpaired) electrons. The quantitative estimate of drug-likeness (QED) is 0.686. The molecule has 1 unspecified atom stereocenters. The van der Waals surface area contributed by atoms with Crippen LogP contribution in [0.3, 0.4) is 0 Å². The van der Waals surface area contributed by atoms with E-state index in [2.05, 4.69) is 5.32 Å². The van der Waals surface area contributed by atoms with Crippen LogP contribution in [0.2, 0.25) is 0 Å². The minimum absolute atomic E-state index is 0.0828. The molecule has 0 heterocycles. The van der Waals surface area contributed by atoms with Crippen LogP contribution in [0.25, 0.3) is 0 Å². The summed E-state index contributed by atoms with van der Waals surface area (Å²) in [4.78, 5) is 11.4. The molecule has 1 aromatic rings. The maximum absolute atomic E-state index is 11.4. The molecular formula is C14H22N2O2. The molecule has 0 fully saturated rings. The van der Waals surface area contributed by atoms with Crippen molar-refractivity contribution in [3.8, 4) is 0 Å². The highest BCUT2D eigenvalue weighted by Gasteiger charge is 2.08. The van der Waals surface area contributed by atoms with Crippen LogP contribution in [0.4, 0.5) is 0 Å². The summed E-state index contributed by atoms with van der Waals surface area (Å²) >= 11 is 0. The summed E-state index contributed by atoms with van der Waals surface area (Å²) in [6.45, 7) is 3.76. The zero-order valence-corrected chi connectivity index (χ0v) is 10.9. The van der Waals surface area contributed by atoms with Crippen molar-refractivity contribution in [1.82, 2.24) is 5.32 Å². The molecule has 1 aromatic carbocycles. The Bertz CT molecular complexity index is 341. The van der Waals surface area contributed by atoms with E-state index in [0.29, 0.717) is 26.2 Å². The molecule has 0 aliphatic rings. The molecule has 0 aromatic heterocycles. The van der Waals surface area contributed by atoms with E-state index in [4.69, 9.17) is 10.5 Å².